The number of hydrogen-bond donors (Lipinski definition) is 0. The zero-order valence-electron chi connectivity index (χ0n) is 7.09. The summed E-state index contributed by atoms with van der Waals surface area (Å²) in [5.41, 5.74) is 0. The third kappa shape index (κ3) is 2.96. The van der Waals surface area contributed by atoms with Crippen molar-refractivity contribution >= 4 is 15.9 Å². The third-order valence-corrected chi connectivity index (χ3v) is 3.10. The molecule has 0 N–H and O–H groups in total. The van der Waals surface area contributed by atoms with Gasteiger partial charge >= 0.3 is 0 Å². The lowest BCUT2D eigenvalue weighted by Crippen LogP contribution is -2.20. The fourth-order valence-electron chi connectivity index (χ4n) is 1.46. The van der Waals surface area contributed by atoms with Gasteiger partial charge in [0, 0.05) is 18.4 Å². The first kappa shape index (κ1) is 9.27. The molecule has 1 rings (SSSR count). The van der Waals surface area contributed by atoms with Crippen LogP contribution in [0.15, 0.2) is 12.2 Å². The standard InChI is InChI=1S/C9H16BrN/c1-2-3-5-11-6-4-9(7-10)8-11/h2-3,9H,4-8H2,1H3/b3-2+. The van der Waals surface area contributed by atoms with Crippen LogP contribution in [0.1, 0.15) is 13.3 Å². The lowest BCUT2D eigenvalue weighted by Gasteiger charge is -2.11. The molecule has 1 unspecified atom stereocenters. The normalized spacial score (nSPS) is 26.9. The molecule has 2 heteroatoms. The summed E-state index contributed by atoms with van der Waals surface area (Å²) in [4.78, 5) is 2.51. The van der Waals surface area contributed by atoms with E-state index in [0.717, 1.165) is 12.5 Å². The highest BCUT2D eigenvalue weighted by Crippen LogP contribution is 2.17. The number of allylic oxidation sites excluding steroid dienone is 1. The Bertz CT molecular complexity index is 134. The third-order valence-electron chi connectivity index (χ3n) is 2.19. The van der Waals surface area contributed by atoms with Crippen LogP contribution < -0.4 is 0 Å². The second-order valence-electron chi connectivity index (χ2n) is 3.14. The van der Waals surface area contributed by atoms with E-state index in [-0.39, 0.29) is 0 Å². The molecule has 1 fully saturated rings. The molecule has 0 saturated carbocycles. The average Bonchev–Trinajstić information content (AvgIpc) is 2.48. The minimum absolute atomic E-state index is 0.889. The Morgan fingerprint density at radius 2 is 2.45 bits per heavy atom. The van der Waals surface area contributed by atoms with Crippen LogP contribution in [0.25, 0.3) is 0 Å². The first-order valence-electron chi connectivity index (χ1n) is 4.26. The Labute approximate surface area is 77.6 Å². The van der Waals surface area contributed by atoms with Gasteiger partial charge in [-0.15, -0.1) is 0 Å². The molecule has 0 spiro atoms. The van der Waals surface area contributed by atoms with Gasteiger partial charge in [0.25, 0.3) is 0 Å². The highest BCUT2D eigenvalue weighted by atomic mass is 79.9. The summed E-state index contributed by atoms with van der Waals surface area (Å²) in [7, 11) is 0. The fraction of sp³-hybridized carbons (Fsp3) is 0.778. The maximum atomic E-state index is 3.53. The molecule has 64 valence electrons. The number of alkyl halides is 1. The quantitative estimate of drug-likeness (QED) is 0.519. The van der Waals surface area contributed by atoms with Gasteiger partial charge in [-0.3, -0.25) is 4.90 Å². The van der Waals surface area contributed by atoms with Crippen LogP contribution >= 0.6 is 15.9 Å². The Morgan fingerprint density at radius 3 is 3.00 bits per heavy atom. The van der Waals surface area contributed by atoms with Crippen molar-refractivity contribution in [3.63, 3.8) is 0 Å². The first-order chi connectivity index (χ1) is 5.36. The molecule has 1 heterocycles. The van der Waals surface area contributed by atoms with E-state index in [9.17, 15) is 0 Å². The van der Waals surface area contributed by atoms with Crippen LogP contribution in [0.3, 0.4) is 0 Å². The Kier molecular flexibility index (Phi) is 4.16. The van der Waals surface area contributed by atoms with Crippen LogP contribution in [0.4, 0.5) is 0 Å². The fourth-order valence-corrected chi connectivity index (χ4v) is 1.99. The van der Waals surface area contributed by atoms with Crippen LogP contribution in [-0.2, 0) is 0 Å². The van der Waals surface area contributed by atoms with Crippen LogP contribution in [0, 0.1) is 5.92 Å². The summed E-state index contributed by atoms with van der Waals surface area (Å²) in [5, 5.41) is 1.17. The zero-order chi connectivity index (χ0) is 8.10. The van der Waals surface area contributed by atoms with Gasteiger partial charge < -0.3 is 0 Å². The second kappa shape index (κ2) is 4.94. The molecular formula is C9H16BrN. The van der Waals surface area contributed by atoms with Gasteiger partial charge in [0.1, 0.15) is 0 Å². The Balaban J connectivity index is 2.19. The molecular weight excluding hydrogens is 202 g/mol. The number of likely N-dealkylation sites (tertiary alicyclic amines) is 1. The molecule has 1 nitrogen and oxygen atoms in total. The summed E-state index contributed by atoms with van der Waals surface area (Å²) >= 11 is 3.53. The second-order valence-corrected chi connectivity index (χ2v) is 3.79. The highest BCUT2D eigenvalue weighted by Gasteiger charge is 2.19. The van der Waals surface area contributed by atoms with E-state index in [1.165, 1.54) is 24.8 Å². The van der Waals surface area contributed by atoms with Crippen LogP contribution in [-0.4, -0.2) is 29.9 Å². The molecule has 0 aromatic rings. The van der Waals surface area contributed by atoms with E-state index in [1.54, 1.807) is 0 Å². The Morgan fingerprint density at radius 1 is 1.64 bits per heavy atom. The van der Waals surface area contributed by atoms with Gasteiger partial charge in [-0.05, 0) is 25.8 Å². The first-order valence-corrected chi connectivity index (χ1v) is 5.38. The summed E-state index contributed by atoms with van der Waals surface area (Å²) in [6.07, 6.45) is 5.72. The largest absolute Gasteiger partial charge is 0.299 e. The van der Waals surface area contributed by atoms with Crippen molar-refractivity contribution in [2.75, 3.05) is 25.0 Å². The topological polar surface area (TPSA) is 3.24 Å². The van der Waals surface area contributed by atoms with Gasteiger partial charge in [-0.25, -0.2) is 0 Å². The SMILES string of the molecule is C/C=C/CN1CCC(CBr)C1. The van der Waals surface area contributed by atoms with E-state index >= 15 is 0 Å². The van der Waals surface area contributed by atoms with Gasteiger partial charge in [0.2, 0.25) is 0 Å². The predicted molar refractivity (Wildman–Crippen MR) is 53.2 cm³/mol. The van der Waals surface area contributed by atoms with Crippen molar-refractivity contribution in [2.24, 2.45) is 5.92 Å². The maximum absolute atomic E-state index is 3.53. The van der Waals surface area contributed by atoms with E-state index in [4.69, 9.17) is 0 Å². The lowest BCUT2D eigenvalue weighted by atomic mass is 10.2. The molecule has 0 radical (unpaired) electrons. The predicted octanol–water partition coefficient (Wildman–Crippen LogP) is 2.28. The van der Waals surface area contributed by atoms with E-state index < -0.39 is 0 Å². The van der Waals surface area contributed by atoms with Gasteiger partial charge in [0.15, 0.2) is 0 Å². The minimum Gasteiger partial charge on any atom is -0.299 e. The lowest BCUT2D eigenvalue weighted by molar-refractivity contribution is 0.365. The smallest absolute Gasteiger partial charge is 0.0163 e. The average molecular weight is 218 g/mol. The summed E-state index contributed by atoms with van der Waals surface area (Å²) < 4.78 is 0. The molecule has 1 aliphatic rings. The van der Waals surface area contributed by atoms with Crippen LogP contribution in [0.5, 0.6) is 0 Å². The number of hydrogen-bond acceptors (Lipinski definition) is 1. The molecule has 0 bridgehead atoms. The maximum Gasteiger partial charge on any atom is 0.0163 e. The Hall–Kier alpha value is 0.180. The van der Waals surface area contributed by atoms with Gasteiger partial charge in [-0.2, -0.15) is 0 Å². The van der Waals surface area contributed by atoms with Crippen molar-refractivity contribution in [3.05, 3.63) is 12.2 Å². The number of nitrogens with zero attached hydrogens (tertiary/aromatic N) is 1. The molecule has 11 heavy (non-hydrogen) atoms. The summed E-state index contributed by atoms with van der Waals surface area (Å²) in [6, 6.07) is 0. The zero-order valence-corrected chi connectivity index (χ0v) is 8.68. The molecule has 0 aromatic heterocycles. The number of rotatable bonds is 3. The van der Waals surface area contributed by atoms with Crippen LogP contribution in [0.2, 0.25) is 0 Å². The van der Waals surface area contributed by atoms with Crippen molar-refractivity contribution in [3.8, 4) is 0 Å². The van der Waals surface area contributed by atoms with Gasteiger partial charge in [-0.1, -0.05) is 28.1 Å². The van der Waals surface area contributed by atoms with Crippen molar-refractivity contribution < 1.29 is 0 Å². The van der Waals surface area contributed by atoms with E-state index in [2.05, 4.69) is 39.9 Å². The van der Waals surface area contributed by atoms with Crippen molar-refractivity contribution in [1.29, 1.82) is 0 Å². The molecule has 1 aliphatic heterocycles. The van der Waals surface area contributed by atoms with Crippen molar-refractivity contribution in [2.45, 2.75) is 13.3 Å². The number of halogens is 1. The monoisotopic (exact) mass is 217 g/mol. The summed E-state index contributed by atoms with van der Waals surface area (Å²) in [5.74, 6) is 0.889. The molecule has 0 aromatic carbocycles. The van der Waals surface area contributed by atoms with E-state index in [1.807, 2.05) is 0 Å². The van der Waals surface area contributed by atoms with E-state index in [0.29, 0.717) is 0 Å². The molecule has 0 amide bonds. The molecule has 1 saturated heterocycles. The summed E-state index contributed by atoms with van der Waals surface area (Å²) in [6.45, 7) is 5.77. The minimum atomic E-state index is 0.889. The van der Waals surface area contributed by atoms with Gasteiger partial charge in [0.05, 0.1) is 0 Å². The highest BCUT2D eigenvalue weighted by molar-refractivity contribution is 9.09. The molecule has 1 atom stereocenters. The van der Waals surface area contributed by atoms with Crippen molar-refractivity contribution in [1.82, 2.24) is 4.90 Å². The molecule has 0 aliphatic carbocycles.